The van der Waals surface area contributed by atoms with Gasteiger partial charge in [-0.05, 0) is 37.3 Å². The Kier molecular flexibility index (Phi) is 4.81. The Morgan fingerprint density at radius 3 is 2.62 bits per heavy atom. The quantitative estimate of drug-likeness (QED) is 0.830. The molecule has 1 aromatic carbocycles. The minimum absolute atomic E-state index is 0.231. The van der Waals surface area contributed by atoms with Gasteiger partial charge in [0, 0.05) is 0 Å². The maximum atomic E-state index is 9.78. The van der Waals surface area contributed by atoms with Crippen molar-refractivity contribution in [3.63, 3.8) is 0 Å². The van der Waals surface area contributed by atoms with Crippen molar-refractivity contribution in [2.75, 3.05) is 7.11 Å². The maximum Gasteiger partial charge on any atom is 0.122 e. The summed E-state index contributed by atoms with van der Waals surface area (Å²) in [7, 11) is 1.69. The van der Waals surface area contributed by atoms with Gasteiger partial charge in [0.05, 0.1) is 13.2 Å². The topological polar surface area (TPSA) is 29.5 Å². The smallest absolute Gasteiger partial charge is 0.122 e. The van der Waals surface area contributed by atoms with Crippen LogP contribution in [0.25, 0.3) is 0 Å². The third kappa shape index (κ3) is 3.24. The van der Waals surface area contributed by atoms with Gasteiger partial charge >= 0.3 is 0 Å². The minimum atomic E-state index is -0.231. The largest absolute Gasteiger partial charge is 0.496 e. The lowest BCUT2D eigenvalue weighted by Crippen LogP contribution is -2.18. The molecule has 2 heteroatoms. The molecule has 0 bridgehead atoms. The van der Waals surface area contributed by atoms with Crippen LogP contribution in [0.4, 0.5) is 0 Å². The number of methoxy groups -OCH3 is 1. The normalized spacial score (nSPS) is 14.6. The van der Waals surface area contributed by atoms with Gasteiger partial charge in [-0.1, -0.05) is 31.5 Å². The Balaban J connectivity index is 2.82. The van der Waals surface area contributed by atoms with Gasteiger partial charge in [0.2, 0.25) is 0 Å². The summed E-state index contributed by atoms with van der Waals surface area (Å²) in [6, 6.07) is 6.18. The Morgan fingerprint density at radius 1 is 1.38 bits per heavy atom. The van der Waals surface area contributed by atoms with Crippen LogP contribution in [0.1, 0.15) is 31.4 Å². The van der Waals surface area contributed by atoms with Crippen molar-refractivity contribution in [3.8, 4) is 5.75 Å². The van der Waals surface area contributed by atoms with Crippen LogP contribution >= 0.6 is 0 Å². The monoisotopic (exact) mass is 222 g/mol. The van der Waals surface area contributed by atoms with Crippen molar-refractivity contribution in [1.82, 2.24) is 0 Å². The van der Waals surface area contributed by atoms with Crippen molar-refractivity contribution in [2.45, 2.75) is 39.7 Å². The molecule has 2 unspecified atom stereocenters. The van der Waals surface area contributed by atoms with Crippen LogP contribution < -0.4 is 4.74 Å². The molecular weight excluding hydrogens is 200 g/mol. The number of hydrogen-bond acceptors (Lipinski definition) is 2. The van der Waals surface area contributed by atoms with Crippen LogP contribution in [-0.2, 0) is 6.42 Å². The predicted octanol–water partition coefficient (Wildman–Crippen LogP) is 2.95. The second-order valence-corrected chi connectivity index (χ2v) is 4.47. The van der Waals surface area contributed by atoms with Crippen LogP contribution in [-0.4, -0.2) is 18.3 Å². The van der Waals surface area contributed by atoms with Crippen molar-refractivity contribution < 1.29 is 9.84 Å². The van der Waals surface area contributed by atoms with Gasteiger partial charge in [-0.25, -0.2) is 0 Å². The molecule has 1 N–H and O–H groups in total. The summed E-state index contributed by atoms with van der Waals surface area (Å²) in [5, 5.41) is 9.78. The molecule has 2 nitrogen and oxygen atoms in total. The molecule has 0 fully saturated rings. The molecule has 0 aliphatic rings. The SMILES string of the molecule is CCC(O)C(C)Cc1cc(C)ccc1OC. The van der Waals surface area contributed by atoms with E-state index < -0.39 is 0 Å². The fourth-order valence-corrected chi connectivity index (χ4v) is 1.95. The molecule has 0 amide bonds. The Labute approximate surface area is 98.3 Å². The highest BCUT2D eigenvalue weighted by atomic mass is 16.5. The van der Waals surface area contributed by atoms with E-state index in [1.54, 1.807) is 7.11 Å². The number of rotatable bonds is 5. The molecule has 1 rings (SSSR count). The second-order valence-electron chi connectivity index (χ2n) is 4.47. The first-order chi connectivity index (χ1) is 7.58. The lowest BCUT2D eigenvalue weighted by Gasteiger charge is -2.19. The summed E-state index contributed by atoms with van der Waals surface area (Å²) in [6.07, 6.45) is 1.43. The molecule has 0 saturated carbocycles. The summed E-state index contributed by atoms with van der Waals surface area (Å²) in [5.41, 5.74) is 2.41. The summed E-state index contributed by atoms with van der Waals surface area (Å²) in [6.45, 7) is 6.16. The number of hydrogen-bond donors (Lipinski definition) is 1. The molecule has 1 aromatic rings. The molecule has 0 aromatic heterocycles. The molecule has 0 radical (unpaired) electrons. The van der Waals surface area contributed by atoms with Crippen LogP contribution in [0.3, 0.4) is 0 Å². The number of aryl methyl sites for hydroxylation is 1. The van der Waals surface area contributed by atoms with Crippen LogP contribution in [0.5, 0.6) is 5.75 Å². The molecule has 0 saturated heterocycles. The Hall–Kier alpha value is -1.02. The number of benzene rings is 1. The molecule has 0 heterocycles. The zero-order chi connectivity index (χ0) is 12.1. The van der Waals surface area contributed by atoms with Gasteiger partial charge in [0.25, 0.3) is 0 Å². The van der Waals surface area contributed by atoms with E-state index in [2.05, 4.69) is 19.9 Å². The van der Waals surface area contributed by atoms with Crippen LogP contribution in [0.2, 0.25) is 0 Å². The lowest BCUT2D eigenvalue weighted by atomic mass is 9.93. The second kappa shape index (κ2) is 5.90. The molecule has 90 valence electrons. The van der Waals surface area contributed by atoms with Crippen molar-refractivity contribution in [3.05, 3.63) is 29.3 Å². The van der Waals surface area contributed by atoms with E-state index in [0.717, 1.165) is 18.6 Å². The number of ether oxygens (including phenoxy) is 1. The summed E-state index contributed by atoms with van der Waals surface area (Å²) in [4.78, 5) is 0. The Bertz CT molecular complexity index is 334. The average Bonchev–Trinajstić information content (AvgIpc) is 2.28. The highest BCUT2D eigenvalue weighted by Crippen LogP contribution is 2.24. The van der Waals surface area contributed by atoms with E-state index in [-0.39, 0.29) is 12.0 Å². The van der Waals surface area contributed by atoms with Crippen molar-refractivity contribution in [2.24, 2.45) is 5.92 Å². The van der Waals surface area contributed by atoms with Crippen LogP contribution in [0.15, 0.2) is 18.2 Å². The van der Waals surface area contributed by atoms with E-state index in [9.17, 15) is 5.11 Å². The van der Waals surface area contributed by atoms with Gasteiger partial charge < -0.3 is 9.84 Å². The first-order valence-corrected chi connectivity index (χ1v) is 5.90. The van der Waals surface area contributed by atoms with E-state index >= 15 is 0 Å². The predicted molar refractivity (Wildman–Crippen MR) is 66.9 cm³/mol. The Morgan fingerprint density at radius 2 is 2.06 bits per heavy atom. The molecular formula is C14H22O2. The zero-order valence-electron chi connectivity index (χ0n) is 10.7. The average molecular weight is 222 g/mol. The third-order valence-electron chi connectivity index (χ3n) is 3.05. The van der Waals surface area contributed by atoms with Gasteiger partial charge in [-0.2, -0.15) is 0 Å². The van der Waals surface area contributed by atoms with Gasteiger partial charge in [-0.15, -0.1) is 0 Å². The zero-order valence-corrected chi connectivity index (χ0v) is 10.7. The highest BCUT2D eigenvalue weighted by molar-refractivity contribution is 5.37. The summed E-state index contributed by atoms with van der Waals surface area (Å²) >= 11 is 0. The standard InChI is InChI=1S/C14H22O2/c1-5-13(15)11(3)9-12-8-10(2)6-7-14(12)16-4/h6-8,11,13,15H,5,9H2,1-4H3. The number of aliphatic hydroxyl groups is 1. The van der Waals surface area contributed by atoms with E-state index in [1.165, 1.54) is 11.1 Å². The summed E-state index contributed by atoms with van der Waals surface area (Å²) in [5.74, 6) is 1.18. The van der Waals surface area contributed by atoms with Gasteiger partial charge in [0.15, 0.2) is 0 Å². The molecule has 0 aliphatic carbocycles. The highest BCUT2D eigenvalue weighted by Gasteiger charge is 2.15. The van der Waals surface area contributed by atoms with E-state index in [0.29, 0.717) is 0 Å². The van der Waals surface area contributed by atoms with Crippen molar-refractivity contribution in [1.29, 1.82) is 0 Å². The lowest BCUT2D eigenvalue weighted by molar-refractivity contribution is 0.112. The minimum Gasteiger partial charge on any atom is -0.496 e. The first-order valence-electron chi connectivity index (χ1n) is 5.90. The fraction of sp³-hybridized carbons (Fsp3) is 0.571. The molecule has 16 heavy (non-hydrogen) atoms. The van der Waals surface area contributed by atoms with E-state index in [1.807, 2.05) is 19.1 Å². The molecule has 0 aliphatic heterocycles. The van der Waals surface area contributed by atoms with Crippen LogP contribution in [0, 0.1) is 12.8 Å². The summed E-state index contributed by atoms with van der Waals surface area (Å²) < 4.78 is 5.33. The van der Waals surface area contributed by atoms with Crippen molar-refractivity contribution >= 4 is 0 Å². The first kappa shape index (κ1) is 13.0. The van der Waals surface area contributed by atoms with E-state index in [4.69, 9.17) is 4.74 Å². The van der Waals surface area contributed by atoms with Gasteiger partial charge in [0.1, 0.15) is 5.75 Å². The molecule has 2 atom stereocenters. The fourth-order valence-electron chi connectivity index (χ4n) is 1.95. The maximum absolute atomic E-state index is 9.78. The number of aliphatic hydroxyl groups excluding tert-OH is 1. The molecule has 0 spiro atoms. The van der Waals surface area contributed by atoms with Gasteiger partial charge in [-0.3, -0.25) is 0 Å². The third-order valence-corrected chi connectivity index (χ3v) is 3.05.